The maximum Gasteiger partial charge on any atom is 0.270 e. The molecule has 0 saturated carbocycles. The highest BCUT2D eigenvalue weighted by atomic mass is 16.1. The van der Waals surface area contributed by atoms with Crippen LogP contribution in [0.5, 0.6) is 0 Å². The number of carbonyl (C=O) groups is 1. The minimum atomic E-state index is -0.164. The van der Waals surface area contributed by atoms with Gasteiger partial charge in [-0.3, -0.25) is 14.8 Å². The van der Waals surface area contributed by atoms with Gasteiger partial charge in [-0.05, 0) is 54.3 Å². The van der Waals surface area contributed by atoms with E-state index in [1.54, 1.807) is 18.6 Å². The van der Waals surface area contributed by atoms with Gasteiger partial charge < -0.3 is 10.2 Å². The van der Waals surface area contributed by atoms with E-state index in [0.29, 0.717) is 12.2 Å². The van der Waals surface area contributed by atoms with Crippen molar-refractivity contribution in [2.45, 2.75) is 19.9 Å². The third-order valence-corrected chi connectivity index (χ3v) is 4.60. The number of likely N-dealkylation sites (N-methyl/N-ethyl adjacent to an activating group) is 1. The van der Waals surface area contributed by atoms with E-state index in [1.165, 1.54) is 5.56 Å². The minimum Gasteiger partial charge on any atom is -0.374 e. The average Bonchev–Trinajstić information content (AvgIpc) is 2.72. The molecule has 0 atom stereocenters. The first-order valence-electron chi connectivity index (χ1n) is 9.02. The largest absolute Gasteiger partial charge is 0.374 e. The summed E-state index contributed by atoms with van der Waals surface area (Å²) in [5, 5.41) is 2.95. The van der Waals surface area contributed by atoms with Gasteiger partial charge in [-0.25, -0.2) is 0 Å². The van der Waals surface area contributed by atoms with E-state index in [9.17, 15) is 4.79 Å². The molecule has 0 aliphatic rings. The van der Waals surface area contributed by atoms with Gasteiger partial charge in [-0.15, -0.1) is 0 Å². The molecule has 0 aliphatic heterocycles. The first-order valence-corrected chi connectivity index (χ1v) is 9.02. The number of aryl methyl sites for hydroxylation is 1. The van der Waals surface area contributed by atoms with Crippen LogP contribution in [0.15, 0.2) is 67.1 Å². The third kappa shape index (κ3) is 5.14. The highest BCUT2D eigenvalue weighted by Gasteiger charge is 2.10. The van der Waals surface area contributed by atoms with E-state index < -0.39 is 0 Å². The number of aromatic nitrogens is 2. The molecule has 0 radical (unpaired) electrons. The van der Waals surface area contributed by atoms with Gasteiger partial charge in [-0.2, -0.15) is 0 Å². The maximum absolute atomic E-state index is 12.5. The summed E-state index contributed by atoms with van der Waals surface area (Å²) in [6, 6.07) is 15.8. The number of carbonyl (C=O) groups excluding carboxylic acids is 1. The molecule has 2 heterocycles. The van der Waals surface area contributed by atoms with Crippen LogP contribution in [-0.2, 0) is 13.0 Å². The highest BCUT2D eigenvalue weighted by Crippen LogP contribution is 2.14. The molecule has 0 fully saturated rings. The Morgan fingerprint density at radius 1 is 1.07 bits per heavy atom. The van der Waals surface area contributed by atoms with E-state index >= 15 is 0 Å². The van der Waals surface area contributed by atoms with Crippen molar-refractivity contribution in [3.05, 3.63) is 89.5 Å². The molecule has 1 N–H and O–H groups in total. The Morgan fingerprint density at radius 3 is 2.63 bits per heavy atom. The number of hydrogen-bond donors (Lipinski definition) is 1. The Labute approximate surface area is 160 Å². The van der Waals surface area contributed by atoms with Gasteiger partial charge in [0, 0.05) is 44.4 Å². The Bertz CT molecular complexity index is 896. The molecule has 0 bridgehead atoms. The molecule has 2 aromatic heterocycles. The normalized spacial score (nSPS) is 10.4. The van der Waals surface area contributed by atoms with Crippen molar-refractivity contribution in [2.75, 3.05) is 18.5 Å². The number of nitrogens with zero attached hydrogens (tertiary/aromatic N) is 3. The van der Waals surface area contributed by atoms with Gasteiger partial charge in [0.15, 0.2) is 0 Å². The number of rotatable bonds is 7. The van der Waals surface area contributed by atoms with Crippen molar-refractivity contribution in [1.29, 1.82) is 0 Å². The molecule has 0 aliphatic carbocycles. The van der Waals surface area contributed by atoms with Crippen LogP contribution in [-0.4, -0.2) is 29.5 Å². The first-order chi connectivity index (χ1) is 13.1. The predicted molar refractivity (Wildman–Crippen MR) is 108 cm³/mol. The fourth-order valence-electron chi connectivity index (χ4n) is 2.83. The van der Waals surface area contributed by atoms with E-state index in [-0.39, 0.29) is 5.91 Å². The fraction of sp³-hybridized carbons (Fsp3) is 0.227. The van der Waals surface area contributed by atoms with Crippen molar-refractivity contribution in [3.63, 3.8) is 0 Å². The summed E-state index contributed by atoms with van der Waals surface area (Å²) in [6.45, 7) is 3.38. The standard InChI is InChI=1S/C22H24N4O/c1-17-5-3-4-6-19(17)16-25-22(27)21-15-20(9-13-24-21)26(2)14-10-18-7-11-23-12-8-18/h3-9,11-13,15H,10,14,16H2,1-2H3,(H,25,27). The number of nitrogens with one attached hydrogen (secondary N) is 1. The van der Waals surface area contributed by atoms with Crippen LogP contribution in [0.4, 0.5) is 5.69 Å². The summed E-state index contributed by atoms with van der Waals surface area (Å²) in [6.07, 6.45) is 6.20. The van der Waals surface area contributed by atoms with Gasteiger partial charge in [0.1, 0.15) is 5.69 Å². The molecular weight excluding hydrogens is 336 g/mol. The highest BCUT2D eigenvalue weighted by molar-refractivity contribution is 5.93. The summed E-state index contributed by atoms with van der Waals surface area (Å²) in [5.74, 6) is -0.164. The number of anilines is 1. The van der Waals surface area contributed by atoms with Gasteiger partial charge in [0.05, 0.1) is 0 Å². The quantitative estimate of drug-likeness (QED) is 0.702. The Kier molecular flexibility index (Phi) is 6.15. The van der Waals surface area contributed by atoms with Crippen LogP contribution in [0.2, 0.25) is 0 Å². The molecule has 0 spiro atoms. The lowest BCUT2D eigenvalue weighted by atomic mass is 10.1. The number of amides is 1. The van der Waals surface area contributed by atoms with Crippen LogP contribution in [0, 0.1) is 6.92 Å². The lowest BCUT2D eigenvalue weighted by molar-refractivity contribution is 0.0946. The zero-order chi connectivity index (χ0) is 19.1. The van der Waals surface area contributed by atoms with Crippen molar-refractivity contribution in [3.8, 4) is 0 Å². The molecule has 138 valence electrons. The second-order valence-corrected chi connectivity index (χ2v) is 6.54. The first kappa shape index (κ1) is 18.6. The van der Waals surface area contributed by atoms with Crippen molar-refractivity contribution in [2.24, 2.45) is 0 Å². The maximum atomic E-state index is 12.5. The molecule has 1 amide bonds. The molecular formula is C22H24N4O. The molecule has 3 aromatic rings. The lowest BCUT2D eigenvalue weighted by Crippen LogP contribution is -2.25. The van der Waals surface area contributed by atoms with E-state index in [0.717, 1.165) is 29.8 Å². The second-order valence-electron chi connectivity index (χ2n) is 6.54. The zero-order valence-corrected chi connectivity index (χ0v) is 15.7. The lowest BCUT2D eigenvalue weighted by Gasteiger charge is -2.19. The Hall–Kier alpha value is -3.21. The molecule has 5 nitrogen and oxygen atoms in total. The van der Waals surface area contributed by atoms with Crippen LogP contribution in [0.3, 0.4) is 0 Å². The average molecular weight is 360 g/mol. The van der Waals surface area contributed by atoms with Crippen LogP contribution < -0.4 is 10.2 Å². The summed E-state index contributed by atoms with van der Waals surface area (Å²) in [4.78, 5) is 22.9. The smallest absolute Gasteiger partial charge is 0.270 e. The van der Waals surface area contributed by atoms with Crippen molar-refractivity contribution >= 4 is 11.6 Å². The van der Waals surface area contributed by atoms with Gasteiger partial charge >= 0.3 is 0 Å². The summed E-state index contributed by atoms with van der Waals surface area (Å²) >= 11 is 0. The number of pyridine rings is 2. The molecule has 5 heteroatoms. The Morgan fingerprint density at radius 2 is 1.85 bits per heavy atom. The van der Waals surface area contributed by atoms with Gasteiger partial charge in [0.25, 0.3) is 5.91 Å². The monoisotopic (exact) mass is 360 g/mol. The molecule has 27 heavy (non-hydrogen) atoms. The topological polar surface area (TPSA) is 58.1 Å². The molecule has 0 unspecified atom stereocenters. The predicted octanol–water partition coefficient (Wildman–Crippen LogP) is 3.39. The minimum absolute atomic E-state index is 0.164. The number of benzene rings is 1. The summed E-state index contributed by atoms with van der Waals surface area (Å²) in [5.41, 5.74) is 4.91. The van der Waals surface area contributed by atoms with Gasteiger partial charge in [-0.1, -0.05) is 24.3 Å². The SMILES string of the molecule is Cc1ccccc1CNC(=O)c1cc(N(C)CCc2ccncc2)ccn1. The van der Waals surface area contributed by atoms with E-state index in [4.69, 9.17) is 0 Å². The van der Waals surface area contributed by atoms with Crippen LogP contribution in [0.25, 0.3) is 0 Å². The summed E-state index contributed by atoms with van der Waals surface area (Å²) in [7, 11) is 2.02. The fourth-order valence-corrected chi connectivity index (χ4v) is 2.83. The third-order valence-electron chi connectivity index (χ3n) is 4.60. The van der Waals surface area contributed by atoms with E-state index in [1.807, 2.05) is 62.5 Å². The van der Waals surface area contributed by atoms with E-state index in [2.05, 4.69) is 20.2 Å². The molecule has 3 rings (SSSR count). The van der Waals surface area contributed by atoms with Crippen LogP contribution in [0.1, 0.15) is 27.2 Å². The Balaban J connectivity index is 1.60. The van der Waals surface area contributed by atoms with Crippen molar-refractivity contribution < 1.29 is 4.79 Å². The second kappa shape index (κ2) is 8.94. The zero-order valence-electron chi connectivity index (χ0n) is 15.7. The summed E-state index contributed by atoms with van der Waals surface area (Å²) < 4.78 is 0. The van der Waals surface area contributed by atoms with Gasteiger partial charge in [0.2, 0.25) is 0 Å². The molecule has 0 saturated heterocycles. The van der Waals surface area contributed by atoms with Crippen molar-refractivity contribution in [1.82, 2.24) is 15.3 Å². The molecule has 1 aromatic carbocycles. The van der Waals surface area contributed by atoms with Crippen LogP contribution >= 0.6 is 0 Å². The number of hydrogen-bond acceptors (Lipinski definition) is 4.